The van der Waals surface area contributed by atoms with Crippen molar-refractivity contribution in [1.82, 2.24) is 0 Å². The second-order valence-corrected chi connectivity index (χ2v) is 9.80. The van der Waals surface area contributed by atoms with Gasteiger partial charge in [0, 0.05) is 0 Å². The molecule has 0 amide bonds. The van der Waals surface area contributed by atoms with E-state index in [1.54, 1.807) is 0 Å². The number of aliphatic hydroxyl groups excluding tert-OH is 7. The highest BCUT2D eigenvalue weighted by molar-refractivity contribution is 5.27. The number of aliphatic hydroxyl groups is 7. The molecule has 0 spiro atoms. The van der Waals surface area contributed by atoms with Crippen molar-refractivity contribution in [1.29, 1.82) is 0 Å². The summed E-state index contributed by atoms with van der Waals surface area (Å²) in [5.41, 5.74) is 1.96. The van der Waals surface area contributed by atoms with Crippen LogP contribution in [0.15, 0.2) is 24.3 Å². The maximum Gasteiger partial charge on any atom is 0.187 e. The van der Waals surface area contributed by atoms with Gasteiger partial charge in [0.15, 0.2) is 12.6 Å². The van der Waals surface area contributed by atoms with Gasteiger partial charge in [0.1, 0.15) is 48.8 Å². The van der Waals surface area contributed by atoms with Crippen LogP contribution in [-0.4, -0.2) is 110 Å². The van der Waals surface area contributed by atoms with E-state index in [0.717, 1.165) is 11.1 Å². The Bertz CT molecular complexity index is 765. The van der Waals surface area contributed by atoms with E-state index in [2.05, 4.69) is 20.8 Å². The Hall–Kier alpha value is -1.22. The Morgan fingerprint density at radius 2 is 1.21 bits per heavy atom. The van der Waals surface area contributed by atoms with Gasteiger partial charge in [-0.25, -0.2) is 0 Å². The van der Waals surface area contributed by atoms with E-state index < -0.39 is 74.6 Å². The first kappa shape index (κ1) is 27.4. The molecule has 2 fully saturated rings. The van der Waals surface area contributed by atoms with E-state index in [-0.39, 0.29) is 12.0 Å². The molecule has 2 heterocycles. The van der Waals surface area contributed by atoms with Crippen LogP contribution in [0.1, 0.15) is 31.9 Å². The van der Waals surface area contributed by atoms with Gasteiger partial charge in [-0.2, -0.15) is 0 Å². The fourth-order valence-electron chi connectivity index (χ4n) is 3.87. The molecule has 0 aliphatic carbocycles. The van der Waals surface area contributed by atoms with Crippen LogP contribution in [-0.2, 0) is 31.0 Å². The molecule has 194 valence electrons. The van der Waals surface area contributed by atoms with Crippen LogP contribution in [0, 0.1) is 0 Å². The molecule has 0 unspecified atom stereocenters. The van der Waals surface area contributed by atoms with Crippen molar-refractivity contribution < 1.29 is 54.7 Å². The summed E-state index contributed by atoms with van der Waals surface area (Å²) in [5, 5.41) is 69.9. The molecule has 0 bridgehead atoms. The standard InChI is InChI=1S/C23H36O11/c1-23(2,3)12-6-4-11(5-7-12)9-31-21-20(30)18(28)16(26)14(34-21)10-32-22-19(29)17(27)15(25)13(8-24)33-22/h4-7,13-22,24-30H,8-10H2,1-3H3/t13-,14-,15-,16-,17+,18+,19-,20-,21+,22-/m1/s1. The summed E-state index contributed by atoms with van der Waals surface area (Å²) >= 11 is 0. The molecule has 34 heavy (non-hydrogen) atoms. The third kappa shape index (κ3) is 6.12. The van der Waals surface area contributed by atoms with Crippen LogP contribution in [0.4, 0.5) is 0 Å². The van der Waals surface area contributed by atoms with Crippen molar-refractivity contribution >= 4 is 0 Å². The molecule has 1 aromatic carbocycles. The van der Waals surface area contributed by atoms with Crippen LogP contribution in [0.25, 0.3) is 0 Å². The first-order valence-electron chi connectivity index (χ1n) is 11.3. The lowest BCUT2D eigenvalue weighted by Gasteiger charge is -2.42. The van der Waals surface area contributed by atoms with Crippen LogP contribution in [0.5, 0.6) is 0 Å². The summed E-state index contributed by atoms with van der Waals surface area (Å²) < 4.78 is 21.9. The van der Waals surface area contributed by atoms with Crippen molar-refractivity contribution in [2.24, 2.45) is 0 Å². The predicted octanol–water partition coefficient (Wildman–Crippen LogP) is -1.88. The topological polar surface area (TPSA) is 179 Å². The number of hydrogen-bond acceptors (Lipinski definition) is 11. The average molecular weight is 489 g/mol. The Kier molecular flexibility index (Phi) is 9.04. The molecule has 10 atom stereocenters. The number of hydrogen-bond donors (Lipinski definition) is 7. The molecule has 11 heteroatoms. The summed E-state index contributed by atoms with van der Waals surface area (Å²) in [6.45, 7) is 5.35. The predicted molar refractivity (Wildman–Crippen MR) is 116 cm³/mol. The third-order valence-electron chi connectivity index (χ3n) is 6.18. The van der Waals surface area contributed by atoms with Gasteiger partial charge in [0.25, 0.3) is 0 Å². The zero-order valence-corrected chi connectivity index (χ0v) is 19.5. The van der Waals surface area contributed by atoms with Crippen LogP contribution < -0.4 is 0 Å². The Balaban J connectivity index is 1.59. The minimum absolute atomic E-state index is 0.00349. The molecule has 11 nitrogen and oxygen atoms in total. The van der Waals surface area contributed by atoms with Gasteiger partial charge >= 0.3 is 0 Å². The molecule has 2 aliphatic rings. The fraction of sp³-hybridized carbons (Fsp3) is 0.739. The molecule has 1 aromatic rings. The van der Waals surface area contributed by atoms with Gasteiger partial charge in [0.05, 0.1) is 19.8 Å². The van der Waals surface area contributed by atoms with E-state index in [1.807, 2.05) is 24.3 Å². The van der Waals surface area contributed by atoms with Crippen molar-refractivity contribution in [2.45, 2.75) is 94.2 Å². The van der Waals surface area contributed by atoms with Gasteiger partial charge in [-0.3, -0.25) is 0 Å². The summed E-state index contributed by atoms with van der Waals surface area (Å²) in [7, 11) is 0. The fourth-order valence-corrected chi connectivity index (χ4v) is 3.87. The minimum atomic E-state index is -1.63. The lowest BCUT2D eigenvalue weighted by atomic mass is 9.87. The zero-order chi connectivity index (χ0) is 25.2. The van der Waals surface area contributed by atoms with E-state index in [9.17, 15) is 35.7 Å². The lowest BCUT2D eigenvalue weighted by molar-refractivity contribution is -0.332. The molecule has 0 saturated carbocycles. The first-order valence-corrected chi connectivity index (χ1v) is 11.3. The molecular weight excluding hydrogens is 452 g/mol. The highest BCUT2D eigenvalue weighted by Crippen LogP contribution is 2.27. The Labute approximate surface area is 198 Å². The molecule has 2 aliphatic heterocycles. The van der Waals surface area contributed by atoms with Crippen LogP contribution in [0.2, 0.25) is 0 Å². The highest BCUT2D eigenvalue weighted by atomic mass is 16.7. The summed E-state index contributed by atoms with van der Waals surface area (Å²) in [6.07, 6.45) is -14.5. The van der Waals surface area contributed by atoms with Crippen molar-refractivity contribution in [3.63, 3.8) is 0 Å². The molecule has 7 N–H and O–H groups in total. The normalized spacial score (nSPS) is 39.2. The second-order valence-electron chi connectivity index (χ2n) is 9.80. The third-order valence-corrected chi connectivity index (χ3v) is 6.18. The molecule has 0 aromatic heterocycles. The van der Waals surface area contributed by atoms with E-state index >= 15 is 0 Å². The molecular formula is C23H36O11. The van der Waals surface area contributed by atoms with Crippen molar-refractivity contribution in [2.75, 3.05) is 13.2 Å². The maximum atomic E-state index is 10.3. The first-order chi connectivity index (χ1) is 15.9. The summed E-state index contributed by atoms with van der Waals surface area (Å²) in [6, 6.07) is 7.74. The molecule has 0 radical (unpaired) electrons. The zero-order valence-electron chi connectivity index (χ0n) is 19.5. The Morgan fingerprint density at radius 1 is 0.706 bits per heavy atom. The Morgan fingerprint density at radius 3 is 1.74 bits per heavy atom. The smallest absolute Gasteiger partial charge is 0.187 e. The van der Waals surface area contributed by atoms with Gasteiger partial charge in [-0.15, -0.1) is 0 Å². The van der Waals surface area contributed by atoms with Gasteiger partial charge in [0.2, 0.25) is 0 Å². The van der Waals surface area contributed by atoms with Crippen molar-refractivity contribution in [3.05, 3.63) is 35.4 Å². The molecule has 3 rings (SSSR count). The number of benzene rings is 1. The van der Waals surface area contributed by atoms with E-state index in [4.69, 9.17) is 18.9 Å². The van der Waals surface area contributed by atoms with Gasteiger partial charge < -0.3 is 54.7 Å². The molecule has 2 saturated heterocycles. The van der Waals surface area contributed by atoms with Gasteiger partial charge in [-0.1, -0.05) is 45.0 Å². The lowest BCUT2D eigenvalue weighted by Crippen LogP contribution is -2.61. The highest BCUT2D eigenvalue weighted by Gasteiger charge is 2.47. The maximum absolute atomic E-state index is 10.3. The van der Waals surface area contributed by atoms with Gasteiger partial charge in [-0.05, 0) is 16.5 Å². The largest absolute Gasteiger partial charge is 0.394 e. The SMILES string of the molecule is CC(C)(C)c1ccc(CO[C@H]2O[C@H](CO[C@@H]3O[C@H](CO)[C@@H](O)[C@H](O)[C@H]3O)[C@@H](O)[C@H](O)[C@H]2O)cc1. The quantitative estimate of drug-likeness (QED) is 0.229. The average Bonchev–Trinajstić information content (AvgIpc) is 2.80. The number of ether oxygens (including phenoxy) is 4. The minimum Gasteiger partial charge on any atom is -0.394 e. The van der Waals surface area contributed by atoms with E-state index in [1.165, 1.54) is 0 Å². The van der Waals surface area contributed by atoms with Crippen LogP contribution >= 0.6 is 0 Å². The van der Waals surface area contributed by atoms with E-state index in [0.29, 0.717) is 0 Å². The summed E-state index contributed by atoms with van der Waals surface area (Å²) in [5.74, 6) is 0. The van der Waals surface area contributed by atoms with Crippen molar-refractivity contribution in [3.8, 4) is 0 Å². The summed E-state index contributed by atoms with van der Waals surface area (Å²) in [4.78, 5) is 0. The van der Waals surface area contributed by atoms with Crippen LogP contribution in [0.3, 0.4) is 0 Å². The monoisotopic (exact) mass is 488 g/mol. The number of rotatable bonds is 7. The second kappa shape index (κ2) is 11.2.